The Morgan fingerprint density at radius 2 is 2.23 bits per heavy atom. The van der Waals surface area contributed by atoms with Crippen molar-refractivity contribution in [3.8, 4) is 0 Å². The Labute approximate surface area is 97.8 Å². The minimum absolute atomic E-state index is 0.0790. The second-order valence-corrected chi connectivity index (χ2v) is 2.87. The minimum atomic E-state index is 0.0790. The molecule has 1 heterocycles. The van der Waals surface area contributed by atoms with Gasteiger partial charge in [0.2, 0.25) is 0 Å². The molecule has 2 nitrogen and oxygen atoms in total. The third kappa shape index (κ3) is 8.05. The van der Waals surface area contributed by atoms with Gasteiger partial charge in [-0.1, -0.05) is 6.42 Å². The van der Waals surface area contributed by atoms with E-state index in [9.17, 15) is 0 Å². The van der Waals surface area contributed by atoms with Gasteiger partial charge in [0.05, 0.1) is 0 Å². The molecular formula is C9H17BrO2Zn. The molecule has 1 atom stereocenters. The summed E-state index contributed by atoms with van der Waals surface area (Å²) in [5.41, 5.74) is 0. The number of rotatable bonds is 4. The fourth-order valence-electron chi connectivity index (χ4n) is 1.16. The van der Waals surface area contributed by atoms with Crippen LogP contribution in [-0.2, 0) is 25.8 Å². The van der Waals surface area contributed by atoms with E-state index < -0.39 is 0 Å². The molecule has 0 aromatic heterocycles. The van der Waals surface area contributed by atoms with Crippen LogP contribution in [0.5, 0.6) is 0 Å². The molecule has 1 fully saturated rings. The number of unbranched alkanes of at least 4 members (excludes halogenated alkanes) is 1. The van der Waals surface area contributed by atoms with Gasteiger partial charge in [-0.2, -0.15) is 6.42 Å². The second kappa shape index (κ2) is 11.1. The Kier molecular flexibility index (Phi) is 12.0. The summed E-state index contributed by atoms with van der Waals surface area (Å²) in [5, 5.41) is 0. The molecule has 0 N–H and O–H groups in total. The molecule has 13 heavy (non-hydrogen) atoms. The number of hydrogen-bond acceptors (Lipinski definition) is 2. The molecular weight excluding hydrogens is 285 g/mol. The van der Waals surface area contributed by atoms with Gasteiger partial charge in [-0.25, -0.2) is 0 Å². The number of ether oxygens (including phenoxy) is 2. The van der Waals surface area contributed by atoms with Gasteiger partial charge in [0.15, 0.2) is 6.29 Å². The molecule has 0 bridgehead atoms. The zero-order chi connectivity index (χ0) is 9.94. The van der Waals surface area contributed by atoms with E-state index in [-0.39, 0.29) is 6.29 Å². The Bertz CT molecular complexity index is 97.6. The van der Waals surface area contributed by atoms with Gasteiger partial charge in [0, 0.05) is 13.2 Å². The van der Waals surface area contributed by atoms with Gasteiger partial charge < -0.3 is 16.4 Å². The zero-order valence-electron chi connectivity index (χ0n) is 8.14. The molecule has 1 aliphatic rings. The van der Waals surface area contributed by atoms with E-state index in [0.717, 1.165) is 32.5 Å². The van der Waals surface area contributed by atoms with Gasteiger partial charge in [0.1, 0.15) is 0 Å². The SMILES string of the molecule is [CH2-]CCCOC1CCCCO1.[Zn+][Br]. The molecule has 0 radical (unpaired) electrons. The monoisotopic (exact) mass is 300 g/mol. The molecule has 74 valence electrons. The van der Waals surface area contributed by atoms with Crippen LogP contribution in [0.2, 0.25) is 0 Å². The van der Waals surface area contributed by atoms with E-state index in [1.807, 2.05) is 0 Å². The van der Waals surface area contributed by atoms with Crippen molar-refractivity contribution in [2.24, 2.45) is 0 Å². The normalized spacial score (nSPS) is 22.0. The van der Waals surface area contributed by atoms with Crippen LogP contribution in [0.4, 0.5) is 0 Å². The van der Waals surface area contributed by atoms with Crippen molar-refractivity contribution in [2.45, 2.75) is 38.4 Å². The van der Waals surface area contributed by atoms with Gasteiger partial charge in [0.25, 0.3) is 0 Å². The van der Waals surface area contributed by atoms with Crippen LogP contribution in [0.15, 0.2) is 0 Å². The molecule has 0 aromatic carbocycles. The topological polar surface area (TPSA) is 18.5 Å². The van der Waals surface area contributed by atoms with E-state index in [2.05, 4.69) is 20.5 Å². The fraction of sp³-hybridized carbons (Fsp3) is 0.889. The van der Waals surface area contributed by atoms with Crippen LogP contribution in [0, 0.1) is 6.92 Å². The molecule has 1 saturated heterocycles. The van der Waals surface area contributed by atoms with Crippen molar-refractivity contribution in [2.75, 3.05) is 13.2 Å². The van der Waals surface area contributed by atoms with E-state index in [1.54, 1.807) is 0 Å². The van der Waals surface area contributed by atoms with Crippen molar-refractivity contribution in [1.82, 2.24) is 0 Å². The summed E-state index contributed by atoms with van der Waals surface area (Å²) in [6.45, 7) is 5.42. The third-order valence-corrected chi connectivity index (χ3v) is 1.84. The summed E-state index contributed by atoms with van der Waals surface area (Å²) in [6, 6.07) is 0. The summed E-state index contributed by atoms with van der Waals surface area (Å²) in [6.07, 6.45) is 5.57. The van der Waals surface area contributed by atoms with Crippen molar-refractivity contribution in [3.05, 3.63) is 6.92 Å². The first-order chi connectivity index (χ1) is 6.43. The quantitative estimate of drug-likeness (QED) is 0.451. The van der Waals surface area contributed by atoms with Gasteiger partial charge in [-0.3, -0.25) is 0 Å². The molecule has 1 aliphatic heterocycles. The summed E-state index contributed by atoms with van der Waals surface area (Å²) in [4.78, 5) is 0. The second-order valence-electron chi connectivity index (χ2n) is 2.87. The van der Waals surface area contributed by atoms with E-state index >= 15 is 0 Å². The van der Waals surface area contributed by atoms with Gasteiger partial charge in [-0.15, -0.1) is 0 Å². The molecule has 1 rings (SSSR count). The molecule has 0 amide bonds. The van der Waals surface area contributed by atoms with Crippen LogP contribution in [0.1, 0.15) is 32.1 Å². The Hall–Kier alpha value is 1.02. The maximum atomic E-state index is 5.46. The van der Waals surface area contributed by atoms with Crippen LogP contribution >= 0.6 is 13.6 Å². The van der Waals surface area contributed by atoms with E-state index in [4.69, 9.17) is 9.47 Å². The van der Waals surface area contributed by atoms with Crippen molar-refractivity contribution in [1.29, 1.82) is 0 Å². The van der Waals surface area contributed by atoms with Crippen LogP contribution < -0.4 is 0 Å². The fourth-order valence-corrected chi connectivity index (χ4v) is 1.16. The molecule has 0 spiro atoms. The molecule has 1 unspecified atom stereocenters. The van der Waals surface area contributed by atoms with Crippen LogP contribution in [0.25, 0.3) is 0 Å². The average Bonchev–Trinajstić information content (AvgIpc) is 2.23. The predicted molar refractivity (Wildman–Crippen MR) is 53.1 cm³/mol. The van der Waals surface area contributed by atoms with Crippen molar-refractivity contribution in [3.63, 3.8) is 0 Å². The molecule has 0 aromatic rings. The summed E-state index contributed by atoms with van der Waals surface area (Å²) in [5.74, 6) is 0. The molecule has 4 heteroatoms. The molecule has 0 saturated carbocycles. The Balaban J connectivity index is 0.000000671. The van der Waals surface area contributed by atoms with Crippen LogP contribution in [0.3, 0.4) is 0 Å². The summed E-state index contributed by atoms with van der Waals surface area (Å²) in [7, 11) is 0. The van der Waals surface area contributed by atoms with Gasteiger partial charge in [-0.05, 0) is 19.3 Å². The summed E-state index contributed by atoms with van der Waals surface area (Å²) >= 11 is 4.25. The van der Waals surface area contributed by atoms with Crippen LogP contribution in [-0.4, -0.2) is 19.5 Å². The van der Waals surface area contributed by atoms with Crippen molar-refractivity contribution < 1.29 is 25.8 Å². The number of hydrogen-bond donors (Lipinski definition) is 0. The van der Waals surface area contributed by atoms with E-state index in [0.29, 0.717) is 0 Å². The molecule has 0 aliphatic carbocycles. The Morgan fingerprint density at radius 3 is 2.77 bits per heavy atom. The van der Waals surface area contributed by atoms with E-state index in [1.165, 1.54) is 29.2 Å². The Morgan fingerprint density at radius 1 is 1.46 bits per heavy atom. The first-order valence-electron chi connectivity index (χ1n) is 4.72. The first-order valence-corrected chi connectivity index (χ1v) is 11.7. The average molecular weight is 303 g/mol. The zero-order valence-corrected chi connectivity index (χ0v) is 12.7. The van der Waals surface area contributed by atoms with Crippen molar-refractivity contribution >= 4 is 13.6 Å². The summed E-state index contributed by atoms with van der Waals surface area (Å²) < 4.78 is 10.8. The first kappa shape index (κ1) is 14.0. The third-order valence-electron chi connectivity index (χ3n) is 1.84. The number of halogens is 1. The predicted octanol–water partition coefficient (Wildman–Crippen LogP) is 2.99. The maximum absolute atomic E-state index is 5.46. The van der Waals surface area contributed by atoms with Gasteiger partial charge >= 0.3 is 30.0 Å². The standard InChI is InChI=1S/C9H17O2.BrH.Zn/c1-2-3-7-10-9-6-4-5-8-11-9;;/h9H,1-8H2;1H;/q-1;;+2/p-1.